The van der Waals surface area contributed by atoms with Gasteiger partial charge in [0.15, 0.2) is 0 Å². The molecule has 0 aromatic carbocycles. The summed E-state index contributed by atoms with van der Waals surface area (Å²) in [5.74, 6) is 2.17. The highest BCUT2D eigenvalue weighted by Crippen LogP contribution is 2.32. The molecule has 4 rings (SSSR count). The summed E-state index contributed by atoms with van der Waals surface area (Å²) in [5.41, 5.74) is 6.07. The van der Waals surface area contributed by atoms with Crippen LogP contribution in [0.2, 0.25) is 0 Å². The molecule has 1 aromatic rings. The molecule has 2 N–H and O–H groups in total. The lowest BCUT2D eigenvalue weighted by molar-refractivity contribution is -0.115. The van der Waals surface area contributed by atoms with Crippen LogP contribution >= 0.6 is 0 Å². The van der Waals surface area contributed by atoms with Crippen molar-refractivity contribution in [2.75, 3.05) is 81.7 Å². The first-order chi connectivity index (χ1) is 12.1. The van der Waals surface area contributed by atoms with Crippen LogP contribution in [0.25, 0.3) is 0 Å². The van der Waals surface area contributed by atoms with E-state index in [1.54, 1.807) is 0 Å². The van der Waals surface area contributed by atoms with Crippen LogP contribution in [0.15, 0.2) is 6.07 Å². The van der Waals surface area contributed by atoms with E-state index in [2.05, 4.69) is 26.7 Å². The van der Waals surface area contributed by atoms with Crippen LogP contribution in [0.4, 0.5) is 17.6 Å². The molecule has 4 heterocycles. The molecule has 3 aliphatic heterocycles. The molecular weight excluding hydrogens is 320 g/mol. The molecule has 0 unspecified atom stereocenters. The summed E-state index contributed by atoms with van der Waals surface area (Å²) in [4.78, 5) is 16.0. The van der Waals surface area contributed by atoms with E-state index in [4.69, 9.17) is 20.2 Å². The number of hydrogen-bond acceptors (Lipinski definition) is 8. The zero-order valence-electron chi connectivity index (χ0n) is 15.0. The van der Waals surface area contributed by atoms with Crippen molar-refractivity contribution in [3.8, 4) is 0 Å². The van der Waals surface area contributed by atoms with Crippen LogP contribution in [0.5, 0.6) is 0 Å². The molecular formula is C17H28N6O2. The third-order valence-corrected chi connectivity index (χ3v) is 5.45. The number of nitrogens with zero attached hydrogens (tertiary/aromatic N) is 5. The minimum atomic E-state index is 0.00904. The van der Waals surface area contributed by atoms with Gasteiger partial charge in [-0.1, -0.05) is 0 Å². The van der Waals surface area contributed by atoms with Gasteiger partial charge < -0.3 is 29.9 Å². The Morgan fingerprint density at radius 3 is 2.48 bits per heavy atom. The molecule has 0 saturated carbocycles. The Labute approximate surface area is 148 Å². The highest BCUT2D eigenvalue weighted by Gasteiger charge is 2.39. The van der Waals surface area contributed by atoms with Gasteiger partial charge in [0.1, 0.15) is 11.6 Å². The maximum Gasteiger partial charge on any atom is 0.229 e. The molecule has 3 saturated heterocycles. The van der Waals surface area contributed by atoms with Gasteiger partial charge in [-0.2, -0.15) is 9.97 Å². The van der Waals surface area contributed by atoms with Crippen LogP contribution in [0.1, 0.15) is 12.8 Å². The Morgan fingerprint density at radius 2 is 1.76 bits per heavy atom. The van der Waals surface area contributed by atoms with Crippen molar-refractivity contribution in [1.29, 1.82) is 0 Å². The lowest BCUT2D eigenvalue weighted by Crippen LogP contribution is -2.56. The zero-order valence-corrected chi connectivity index (χ0v) is 15.0. The van der Waals surface area contributed by atoms with Crippen molar-refractivity contribution in [1.82, 2.24) is 14.9 Å². The molecule has 1 spiro atoms. The third-order valence-electron chi connectivity index (χ3n) is 5.45. The first-order valence-electron chi connectivity index (χ1n) is 9.18. The topological polar surface area (TPSA) is 80.0 Å². The summed E-state index contributed by atoms with van der Waals surface area (Å²) in [6.45, 7) is 7.80. The Kier molecular flexibility index (Phi) is 4.66. The number of nitrogens with two attached hydrogens (primary N) is 1. The van der Waals surface area contributed by atoms with Gasteiger partial charge >= 0.3 is 0 Å². The summed E-state index contributed by atoms with van der Waals surface area (Å²) in [5, 5.41) is 0. The van der Waals surface area contributed by atoms with Crippen molar-refractivity contribution in [2.24, 2.45) is 0 Å². The van der Waals surface area contributed by atoms with E-state index in [-0.39, 0.29) is 5.60 Å². The predicted molar refractivity (Wildman–Crippen MR) is 97.1 cm³/mol. The van der Waals surface area contributed by atoms with Gasteiger partial charge in [-0.25, -0.2) is 0 Å². The van der Waals surface area contributed by atoms with E-state index in [1.807, 2.05) is 6.07 Å². The minimum absolute atomic E-state index is 0.00904. The van der Waals surface area contributed by atoms with Crippen molar-refractivity contribution >= 4 is 17.6 Å². The fraction of sp³-hybridized carbons (Fsp3) is 0.765. The number of rotatable bonds is 2. The zero-order chi connectivity index (χ0) is 17.3. The average molecular weight is 348 g/mol. The van der Waals surface area contributed by atoms with Crippen LogP contribution in [-0.2, 0) is 9.47 Å². The number of aromatic nitrogens is 2. The summed E-state index contributed by atoms with van der Waals surface area (Å²) in [7, 11) is 2.18. The number of likely N-dealkylation sites (N-methyl/N-ethyl adjacent to an activating group) is 1. The number of ether oxygens (including phenoxy) is 2. The lowest BCUT2D eigenvalue weighted by atomic mass is 9.89. The first-order valence-corrected chi connectivity index (χ1v) is 9.18. The van der Waals surface area contributed by atoms with Gasteiger partial charge in [-0.3, -0.25) is 0 Å². The van der Waals surface area contributed by atoms with E-state index >= 15 is 0 Å². The smallest absolute Gasteiger partial charge is 0.229 e. The van der Waals surface area contributed by atoms with Crippen LogP contribution in [-0.4, -0.2) is 86.6 Å². The van der Waals surface area contributed by atoms with Crippen LogP contribution < -0.4 is 15.5 Å². The number of morpholine rings is 2. The molecule has 1 aromatic heterocycles. The minimum Gasteiger partial charge on any atom is -0.383 e. The molecule has 0 bridgehead atoms. The molecule has 8 heteroatoms. The molecule has 138 valence electrons. The standard InChI is InChI=1S/C17H28N6O2/c1-21-6-11-25-17(13-21)2-4-22(5-3-17)15-12-14(18)19-16(20-15)23-7-9-24-10-8-23/h12H,2-11,13H2,1H3,(H2,18,19,20). The maximum absolute atomic E-state index is 6.16. The highest BCUT2D eigenvalue weighted by atomic mass is 16.5. The van der Waals surface area contributed by atoms with Crippen molar-refractivity contribution in [3.05, 3.63) is 6.07 Å². The van der Waals surface area contributed by atoms with Gasteiger partial charge in [0.05, 0.1) is 25.4 Å². The van der Waals surface area contributed by atoms with Gasteiger partial charge in [0.25, 0.3) is 0 Å². The van der Waals surface area contributed by atoms with Crippen LogP contribution in [0.3, 0.4) is 0 Å². The number of anilines is 3. The van der Waals surface area contributed by atoms with Gasteiger partial charge in [-0.05, 0) is 19.9 Å². The summed E-state index contributed by atoms with van der Waals surface area (Å²) in [6, 6.07) is 1.88. The second kappa shape index (κ2) is 6.93. The summed E-state index contributed by atoms with van der Waals surface area (Å²) < 4.78 is 11.6. The predicted octanol–water partition coefficient (Wildman–Crippen LogP) is 0.196. The highest BCUT2D eigenvalue weighted by molar-refractivity contribution is 5.52. The van der Waals surface area contributed by atoms with Gasteiger partial charge in [-0.15, -0.1) is 0 Å². The van der Waals surface area contributed by atoms with Crippen molar-refractivity contribution < 1.29 is 9.47 Å². The van der Waals surface area contributed by atoms with Crippen molar-refractivity contribution in [3.63, 3.8) is 0 Å². The lowest BCUT2D eigenvalue weighted by Gasteiger charge is -2.46. The molecule has 3 aliphatic rings. The Morgan fingerprint density at radius 1 is 1.00 bits per heavy atom. The fourth-order valence-corrected chi connectivity index (χ4v) is 3.99. The Bertz CT molecular complexity index is 599. The Balaban J connectivity index is 1.46. The maximum atomic E-state index is 6.16. The van der Waals surface area contributed by atoms with E-state index in [0.29, 0.717) is 25.0 Å². The van der Waals surface area contributed by atoms with E-state index in [1.165, 1.54) is 0 Å². The molecule has 25 heavy (non-hydrogen) atoms. The monoisotopic (exact) mass is 348 g/mol. The number of nitrogen functional groups attached to an aromatic ring is 1. The van der Waals surface area contributed by atoms with E-state index < -0.39 is 0 Å². The third kappa shape index (κ3) is 3.65. The largest absolute Gasteiger partial charge is 0.383 e. The number of hydrogen-bond donors (Lipinski definition) is 1. The molecule has 8 nitrogen and oxygen atoms in total. The SMILES string of the molecule is CN1CCOC2(CCN(c3cc(N)nc(N4CCOCC4)n3)CC2)C1. The van der Waals surface area contributed by atoms with E-state index in [9.17, 15) is 0 Å². The molecule has 0 radical (unpaired) electrons. The molecule has 0 aliphatic carbocycles. The molecule has 0 atom stereocenters. The number of piperidine rings is 1. The summed E-state index contributed by atoms with van der Waals surface area (Å²) >= 11 is 0. The first kappa shape index (κ1) is 16.8. The molecule has 3 fully saturated rings. The second-order valence-corrected chi connectivity index (χ2v) is 7.31. The van der Waals surface area contributed by atoms with Crippen LogP contribution in [0, 0.1) is 0 Å². The quantitative estimate of drug-likeness (QED) is 0.812. The average Bonchev–Trinajstić information content (AvgIpc) is 2.62. The Hall–Kier alpha value is -1.64. The molecule has 0 amide bonds. The van der Waals surface area contributed by atoms with Gasteiger partial charge in [0, 0.05) is 45.3 Å². The van der Waals surface area contributed by atoms with E-state index in [0.717, 1.165) is 64.5 Å². The van der Waals surface area contributed by atoms with Crippen molar-refractivity contribution in [2.45, 2.75) is 18.4 Å². The second-order valence-electron chi connectivity index (χ2n) is 7.31. The van der Waals surface area contributed by atoms with Gasteiger partial charge in [0.2, 0.25) is 5.95 Å². The fourth-order valence-electron chi connectivity index (χ4n) is 3.99. The summed E-state index contributed by atoms with van der Waals surface area (Å²) in [6.07, 6.45) is 2.04. The normalized spacial score (nSPS) is 24.7.